The summed E-state index contributed by atoms with van der Waals surface area (Å²) in [5.74, 6) is -1.59. The standard InChI is InChI=1S/C43H52N2O6/c1-7-9-27-45-33-25-23-32(24-26-33)41(46)50-39-29(4)38(48-5)34-16-11-13-18-36(34)43(49-6,35-17-12-10-15-28(35)3)40(39)51-42(47)31-21-19-30(20-22-31)37(44)14-8-2/h10-13,15-26,29,37-40,45H,7-9,14,27,44H2,1-6H3/t29-,37?,38?,39?,40?,43?/m1/s1. The van der Waals surface area contributed by atoms with E-state index in [1.807, 2.05) is 86.6 Å². The lowest BCUT2D eigenvalue weighted by Crippen LogP contribution is -2.54. The molecule has 1 aliphatic carbocycles. The van der Waals surface area contributed by atoms with E-state index in [1.165, 1.54) is 0 Å². The third kappa shape index (κ3) is 7.88. The minimum absolute atomic E-state index is 0.127. The Bertz CT molecular complexity index is 1760. The van der Waals surface area contributed by atoms with Gasteiger partial charge in [0.15, 0.2) is 11.7 Å². The van der Waals surface area contributed by atoms with Crippen LogP contribution in [0.4, 0.5) is 5.69 Å². The average Bonchev–Trinajstić information content (AvgIpc) is 3.23. The van der Waals surface area contributed by atoms with Crippen LogP contribution in [0.3, 0.4) is 0 Å². The Labute approximate surface area is 302 Å². The summed E-state index contributed by atoms with van der Waals surface area (Å²) in [5.41, 5.74) is 10.9. The minimum atomic E-state index is -1.39. The van der Waals surface area contributed by atoms with E-state index in [-0.39, 0.29) is 6.04 Å². The molecule has 270 valence electrons. The normalized spacial score (nSPS) is 21.9. The SMILES string of the molecule is CCCCNc1ccc(C(=O)OC2C(OC(=O)c3ccc(C(N)CCC)cc3)C(OC)(c3ccccc3C)c3ccccc3C(OC)[C@H]2C)cc1. The molecule has 4 aromatic carbocycles. The lowest BCUT2D eigenvalue weighted by Gasteiger charge is -2.43. The van der Waals surface area contributed by atoms with E-state index in [4.69, 9.17) is 24.7 Å². The number of hydrogen-bond donors (Lipinski definition) is 2. The van der Waals surface area contributed by atoms with Crippen LogP contribution in [0, 0.1) is 12.8 Å². The zero-order valence-electron chi connectivity index (χ0n) is 30.7. The van der Waals surface area contributed by atoms with Crippen molar-refractivity contribution < 1.29 is 28.5 Å². The maximum atomic E-state index is 14.3. The van der Waals surface area contributed by atoms with Crippen molar-refractivity contribution in [1.29, 1.82) is 0 Å². The van der Waals surface area contributed by atoms with Crippen molar-refractivity contribution in [3.8, 4) is 0 Å². The molecule has 0 fully saturated rings. The fourth-order valence-corrected chi connectivity index (χ4v) is 7.34. The van der Waals surface area contributed by atoms with Crippen molar-refractivity contribution in [1.82, 2.24) is 0 Å². The summed E-state index contributed by atoms with van der Waals surface area (Å²) >= 11 is 0. The van der Waals surface area contributed by atoms with E-state index < -0.39 is 41.8 Å². The number of esters is 2. The number of rotatable bonds is 14. The minimum Gasteiger partial charge on any atom is -0.454 e. The number of unbranched alkanes of at least 4 members (excludes halogenated alkanes) is 1. The van der Waals surface area contributed by atoms with Crippen LogP contribution in [0.5, 0.6) is 0 Å². The predicted octanol–water partition coefficient (Wildman–Crippen LogP) is 8.69. The maximum absolute atomic E-state index is 14.3. The van der Waals surface area contributed by atoms with E-state index in [0.717, 1.165) is 65.7 Å². The summed E-state index contributed by atoms with van der Waals surface area (Å²) in [6.45, 7) is 9.03. The lowest BCUT2D eigenvalue weighted by atomic mass is 9.76. The molecule has 6 atom stereocenters. The summed E-state index contributed by atoms with van der Waals surface area (Å²) in [6, 6.07) is 30.0. The Morgan fingerprint density at radius 3 is 2.02 bits per heavy atom. The number of fused-ring (bicyclic) bond motifs is 1. The summed E-state index contributed by atoms with van der Waals surface area (Å²) < 4.78 is 26.0. The number of carbonyl (C=O) groups is 2. The molecule has 0 saturated carbocycles. The largest absolute Gasteiger partial charge is 0.454 e. The molecule has 0 radical (unpaired) electrons. The smallest absolute Gasteiger partial charge is 0.338 e. The fraction of sp³-hybridized carbons (Fsp3) is 0.395. The highest BCUT2D eigenvalue weighted by Crippen LogP contribution is 2.51. The predicted molar refractivity (Wildman–Crippen MR) is 201 cm³/mol. The number of nitrogens with one attached hydrogen (secondary N) is 1. The van der Waals surface area contributed by atoms with Crippen LogP contribution < -0.4 is 11.1 Å². The molecule has 0 heterocycles. The van der Waals surface area contributed by atoms with Gasteiger partial charge in [0.05, 0.1) is 17.2 Å². The molecule has 3 N–H and O–H groups in total. The van der Waals surface area contributed by atoms with Gasteiger partial charge in [0, 0.05) is 38.4 Å². The number of carbonyl (C=O) groups excluding carboxylic acids is 2. The highest BCUT2D eigenvalue weighted by molar-refractivity contribution is 5.91. The molecule has 5 rings (SSSR count). The van der Waals surface area contributed by atoms with E-state index in [9.17, 15) is 9.59 Å². The van der Waals surface area contributed by atoms with Crippen molar-refractivity contribution in [2.75, 3.05) is 26.1 Å². The molecule has 51 heavy (non-hydrogen) atoms. The summed E-state index contributed by atoms with van der Waals surface area (Å²) in [5, 5.41) is 3.38. The summed E-state index contributed by atoms with van der Waals surface area (Å²) in [7, 11) is 3.25. The van der Waals surface area contributed by atoms with Crippen LogP contribution in [-0.4, -0.2) is 44.9 Å². The number of methoxy groups -OCH3 is 2. The molecule has 0 amide bonds. The van der Waals surface area contributed by atoms with Crippen LogP contribution >= 0.6 is 0 Å². The molecule has 1 aliphatic rings. The summed E-state index contributed by atoms with van der Waals surface area (Å²) in [4.78, 5) is 28.4. The molecular weight excluding hydrogens is 640 g/mol. The number of nitrogens with two attached hydrogens (primary N) is 1. The monoisotopic (exact) mass is 692 g/mol. The molecule has 8 heteroatoms. The molecule has 8 nitrogen and oxygen atoms in total. The molecule has 0 aliphatic heterocycles. The summed E-state index contributed by atoms with van der Waals surface area (Å²) in [6.07, 6.45) is 1.26. The maximum Gasteiger partial charge on any atom is 0.338 e. The van der Waals surface area contributed by atoms with Crippen molar-refractivity contribution >= 4 is 17.6 Å². The first-order chi connectivity index (χ1) is 24.7. The Morgan fingerprint density at radius 1 is 0.804 bits per heavy atom. The molecule has 0 bridgehead atoms. The van der Waals surface area contributed by atoms with Gasteiger partial charge in [-0.25, -0.2) is 9.59 Å². The van der Waals surface area contributed by atoms with Crippen molar-refractivity contribution in [3.05, 3.63) is 136 Å². The molecule has 4 aromatic rings. The van der Waals surface area contributed by atoms with Crippen LogP contribution in [-0.2, 0) is 24.5 Å². The van der Waals surface area contributed by atoms with Crippen LogP contribution in [0.1, 0.15) is 107 Å². The topological polar surface area (TPSA) is 109 Å². The Morgan fingerprint density at radius 2 is 1.41 bits per heavy atom. The van der Waals surface area contributed by atoms with E-state index in [1.54, 1.807) is 38.5 Å². The Kier molecular flexibility index (Phi) is 12.7. The van der Waals surface area contributed by atoms with Gasteiger partial charge in [-0.05, 0) is 84.0 Å². The first-order valence-electron chi connectivity index (χ1n) is 18.0. The number of anilines is 1. The van der Waals surface area contributed by atoms with Gasteiger partial charge in [0.1, 0.15) is 6.10 Å². The van der Waals surface area contributed by atoms with E-state index >= 15 is 0 Å². The van der Waals surface area contributed by atoms with Gasteiger partial charge in [0.25, 0.3) is 0 Å². The number of hydrogen-bond acceptors (Lipinski definition) is 8. The van der Waals surface area contributed by atoms with Crippen LogP contribution in [0.15, 0.2) is 97.1 Å². The van der Waals surface area contributed by atoms with Gasteiger partial charge in [-0.2, -0.15) is 0 Å². The molecular formula is C43H52N2O6. The van der Waals surface area contributed by atoms with E-state index in [0.29, 0.717) is 11.1 Å². The van der Waals surface area contributed by atoms with Gasteiger partial charge in [-0.1, -0.05) is 94.3 Å². The molecule has 5 unspecified atom stereocenters. The Balaban J connectivity index is 1.64. The number of ether oxygens (including phenoxy) is 4. The highest BCUT2D eigenvalue weighted by Gasteiger charge is 2.57. The number of aryl methyl sites for hydroxylation is 1. The van der Waals surface area contributed by atoms with Gasteiger partial charge >= 0.3 is 11.9 Å². The van der Waals surface area contributed by atoms with Crippen molar-refractivity contribution in [2.45, 2.75) is 83.3 Å². The number of benzene rings is 4. The van der Waals surface area contributed by atoms with Gasteiger partial charge in [-0.15, -0.1) is 0 Å². The van der Waals surface area contributed by atoms with Gasteiger partial charge in [0.2, 0.25) is 0 Å². The second-order valence-electron chi connectivity index (χ2n) is 13.4. The third-order valence-corrected chi connectivity index (χ3v) is 10.1. The average molecular weight is 693 g/mol. The molecule has 0 saturated heterocycles. The second kappa shape index (κ2) is 17.1. The molecule has 0 spiro atoms. The first kappa shape index (κ1) is 37.7. The molecule has 0 aromatic heterocycles. The van der Waals surface area contributed by atoms with Crippen LogP contribution in [0.25, 0.3) is 0 Å². The third-order valence-electron chi connectivity index (χ3n) is 10.1. The van der Waals surface area contributed by atoms with Crippen molar-refractivity contribution in [2.24, 2.45) is 11.7 Å². The van der Waals surface area contributed by atoms with Crippen molar-refractivity contribution in [3.63, 3.8) is 0 Å². The first-order valence-corrected chi connectivity index (χ1v) is 18.0. The van der Waals surface area contributed by atoms with E-state index in [2.05, 4.69) is 19.2 Å². The lowest BCUT2D eigenvalue weighted by molar-refractivity contribution is -0.150. The van der Waals surface area contributed by atoms with Gasteiger partial charge < -0.3 is 30.0 Å². The second-order valence-corrected chi connectivity index (χ2v) is 13.4. The van der Waals surface area contributed by atoms with Gasteiger partial charge in [-0.3, -0.25) is 0 Å². The zero-order chi connectivity index (χ0) is 36.5. The van der Waals surface area contributed by atoms with Crippen LogP contribution in [0.2, 0.25) is 0 Å². The fourth-order valence-electron chi connectivity index (χ4n) is 7.34. The quantitative estimate of drug-likeness (QED) is 0.0768. The zero-order valence-corrected chi connectivity index (χ0v) is 30.7. The highest BCUT2D eigenvalue weighted by atomic mass is 16.6. The Hall–Kier alpha value is -4.50.